The SMILES string of the molecule is Cc1cc(Nc2cc3ncccc3c(NC3CC[C@@H]4C[C@H](C3)N4CCC#N)n2)n[nH]1. The van der Waals surface area contributed by atoms with E-state index in [0.29, 0.717) is 24.5 Å². The minimum absolute atomic E-state index is 0.367. The van der Waals surface area contributed by atoms with Gasteiger partial charge in [0.15, 0.2) is 5.82 Å². The molecule has 3 atom stereocenters. The monoisotopic (exact) mass is 402 g/mol. The molecule has 0 spiro atoms. The molecule has 2 bridgehead atoms. The van der Waals surface area contributed by atoms with Crippen LogP contribution in [0, 0.1) is 18.3 Å². The third-order valence-corrected chi connectivity index (χ3v) is 6.27. The van der Waals surface area contributed by atoms with Crippen molar-refractivity contribution >= 4 is 28.4 Å². The molecule has 1 saturated carbocycles. The zero-order valence-corrected chi connectivity index (χ0v) is 17.1. The highest BCUT2D eigenvalue weighted by Crippen LogP contribution is 2.38. The van der Waals surface area contributed by atoms with Crippen LogP contribution in [0.4, 0.5) is 17.5 Å². The Bertz CT molecular complexity index is 1080. The number of nitrogens with one attached hydrogen (secondary N) is 3. The molecule has 8 heteroatoms. The summed E-state index contributed by atoms with van der Waals surface area (Å²) in [6.07, 6.45) is 7.04. The van der Waals surface area contributed by atoms with Crippen molar-refractivity contribution in [2.75, 3.05) is 17.2 Å². The summed E-state index contributed by atoms with van der Waals surface area (Å²) in [5.41, 5.74) is 1.89. The first-order valence-corrected chi connectivity index (χ1v) is 10.6. The number of nitrogens with zero attached hydrogens (tertiary/aromatic N) is 5. The first kappa shape index (κ1) is 18.8. The van der Waals surface area contributed by atoms with Gasteiger partial charge < -0.3 is 10.6 Å². The van der Waals surface area contributed by atoms with Gasteiger partial charge >= 0.3 is 0 Å². The van der Waals surface area contributed by atoms with Gasteiger partial charge in [-0.1, -0.05) is 0 Å². The van der Waals surface area contributed by atoms with E-state index < -0.39 is 0 Å². The highest BCUT2D eigenvalue weighted by atomic mass is 15.3. The Hall–Kier alpha value is -3.18. The number of pyridine rings is 2. The summed E-state index contributed by atoms with van der Waals surface area (Å²) in [5.74, 6) is 2.33. The van der Waals surface area contributed by atoms with Crippen LogP contribution in [0.15, 0.2) is 30.5 Å². The second-order valence-corrected chi connectivity index (χ2v) is 8.33. The number of hydrogen-bond acceptors (Lipinski definition) is 7. The van der Waals surface area contributed by atoms with Crippen molar-refractivity contribution in [3.05, 3.63) is 36.2 Å². The fourth-order valence-electron chi connectivity index (χ4n) is 4.83. The third kappa shape index (κ3) is 3.68. The van der Waals surface area contributed by atoms with E-state index in [1.807, 2.05) is 31.3 Å². The first-order chi connectivity index (χ1) is 14.7. The topological polar surface area (TPSA) is 106 Å². The summed E-state index contributed by atoms with van der Waals surface area (Å²) < 4.78 is 0. The van der Waals surface area contributed by atoms with Gasteiger partial charge in [0.25, 0.3) is 0 Å². The highest BCUT2D eigenvalue weighted by molar-refractivity contribution is 5.91. The number of rotatable bonds is 6. The fraction of sp³-hybridized carbons (Fsp3) is 0.455. The average Bonchev–Trinajstić information content (AvgIpc) is 2.94. The quantitative estimate of drug-likeness (QED) is 0.577. The van der Waals surface area contributed by atoms with Gasteiger partial charge in [-0.15, -0.1) is 0 Å². The van der Waals surface area contributed by atoms with Crippen molar-refractivity contribution < 1.29 is 0 Å². The molecular weight excluding hydrogens is 376 g/mol. The molecule has 5 heterocycles. The van der Waals surface area contributed by atoms with Gasteiger partial charge in [0.2, 0.25) is 0 Å². The molecule has 1 unspecified atom stereocenters. The van der Waals surface area contributed by atoms with E-state index in [-0.39, 0.29) is 0 Å². The molecule has 6 rings (SSSR count). The zero-order valence-electron chi connectivity index (χ0n) is 17.1. The van der Waals surface area contributed by atoms with Crippen molar-refractivity contribution in [2.24, 2.45) is 0 Å². The van der Waals surface area contributed by atoms with E-state index in [1.165, 1.54) is 12.8 Å². The maximum absolute atomic E-state index is 8.93. The second-order valence-electron chi connectivity index (χ2n) is 8.33. The maximum Gasteiger partial charge on any atom is 0.153 e. The van der Waals surface area contributed by atoms with Gasteiger partial charge in [0, 0.05) is 60.5 Å². The van der Waals surface area contributed by atoms with Crippen molar-refractivity contribution in [3.8, 4) is 6.07 Å². The first-order valence-electron chi connectivity index (χ1n) is 10.6. The summed E-state index contributed by atoms with van der Waals surface area (Å²) in [4.78, 5) is 11.9. The summed E-state index contributed by atoms with van der Waals surface area (Å²) in [6.45, 7) is 2.86. The molecule has 0 amide bonds. The molecular formula is C22H26N8. The van der Waals surface area contributed by atoms with Gasteiger partial charge in [-0.25, -0.2) is 4.98 Å². The summed E-state index contributed by atoms with van der Waals surface area (Å²) >= 11 is 0. The Balaban J connectivity index is 1.38. The van der Waals surface area contributed by atoms with Crippen molar-refractivity contribution in [3.63, 3.8) is 0 Å². The standard InChI is InChI=1S/C22H26N8/c1-14-10-21(29-28-14)26-20-13-19-18(4-2-8-24-19)22(27-20)25-15-5-6-16-12-17(11-15)30(16)9-3-7-23/h2,4,8,10,13,15-17H,3,5-6,9,11-12H2,1H3,(H3,25,26,27,28,29)/t15?,16-,17+/m1/s1. The number of nitriles is 1. The van der Waals surface area contributed by atoms with Gasteiger partial charge in [0.05, 0.1) is 11.6 Å². The largest absolute Gasteiger partial charge is 0.367 e. The molecule has 8 nitrogen and oxygen atoms in total. The lowest BCUT2D eigenvalue weighted by Gasteiger charge is -2.47. The van der Waals surface area contributed by atoms with Crippen molar-refractivity contribution in [1.82, 2.24) is 25.1 Å². The highest BCUT2D eigenvalue weighted by Gasteiger charge is 2.41. The van der Waals surface area contributed by atoms with Crippen LogP contribution in [0.3, 0.4) is 0 Å². The predicted molar refractivity (Wildman–Crippen MR) is 117 cm³/mol. The smallest absolute Gasteiger partial charge is 0.153 e. The predicted octanol–water partition coefficient (Wildman–Crippen LogP) is 3.73. The Morgan fingerprint density at radius 3 is 3.00 bits per heavy atom. The van der Waals surface area contributed by atoms with E-state index in [4.69, 9.17) is 10.2 Å². The summed E-state index contributed by atoms with van der Waals surface area (Å²) in [7, 11) is 0. The molecule has 1 aliphatic carbocycles. The number of hydrogen-bond donors (Lipinski definition) is 3. The van der Waals surface area contributed by atoms with Crippen LogP contribution in [-0.2, 0) is 0 Å². The molecule has 0 radical (unpaired) electrons. The van der Waals surface area contributed by atoms with E-state index in [9.17, 15) is 0 Å². The molecule has 3 aliphatic rings. The molecule has 30 heavy (non-hydrogen) atoms. The van der Waals surface area contributed by atoms with E-state index >= 15 is 0 Å². The molecule has 3 aromatic heterocycles. The van der Waals surface area contributed by atoms with Crippen LogP contribution in [0.25, 0.3) is 10.9 Å². The molecule has 2 saturated heterocycles. The minimum atomic E-state index is 0.367. The van der Waals surface area contributed by atoms with Crippen LogP contribution >= 0.6 is 0 Å². The van der Waals surface area contributed by atoms with E-state index in [1.54, 1.807) is 0 Å². The molecule has 154 valence electrons. The van der Waals surface area contributed by atoms with Gasteiger partial charge in [0.1, 0.15) is 11.6 Å². The Morgan fingerprint density at radius 1 is 1.23 bits per heavy atom. The van der Waals surface area contributed by atoms with E-state index in [0.717, 1.165) is 53.4 Å². The Morgan fingerprint density at radius 2 is 2.17 bits per heavy atom. The second kappa shape index (κ2) is 7.92. The van der Waals surface area contributed by atoms with Crippen LogP contribution in [0.2, 0.25) is 0 Å². The lowest BCUT2D eigenvalue weighted by atomic mass is 9.91. The average molecular weight is 403 g/mol. The lowest BCUT2D eigenvalue weighted by molar-refractivity contribution is 0.0214. The molecule has 2 aliphatic heterocycles. The third-order valence-electron chi connectivity index (χ3n) is 6.27. The Labute approximate surface area is 175 Å². The summed E-state index contributed by atoms with van der Waals surface area (Å²) in [5, 5.41) is 24.2. The summed E-state index contributed by atoms with van der Waals surface area (Å²) in [6, 6.07) is 11.8. The van der Waals surface area contributed by atoms with Crippen LogP contribution < -0.4 is 10.6 Å². The molecule has 3 fully saturated rings. The molecule has 3 aromatic rings. The normalized spacial score (nSPS) is 23.4. The van der Waals surface area contributed by atoms with Crippen molar-refractivity contribution in [1.29, 1.82) is 5.26 Å². The number of aromatic nitrogens is 4. The van der Waals surface area contributed by atoms with Crippen LogP contribution in [0.1, 0.15) is 37.8 Å². The van der Waals surface area contributed by atoms with Gasteiger partial charge in [-0.05, 0) is 44.7 Å². The Kier molecular flexibility index (Phi) is 4.97. The number of H-pyrrole nitrogens is 1. The maximum atomic E-state index is 8.93. The van der Waals surface area contributed by atoms with Gasteiger partial charge in [-0.2, -0.15) is 10.4 Å². The molecule has 0 aromatic carbocycles. The lowest BCUT2D eigenvalue weighted by Crippen LogP contribution is -2.55. The number of aryl methyl sites for hydroxylation is 1. The number of fused-ring (bicyclic) bond motifs is 4. The van der Waals surface area contributed by atoms with Crippen LogP contribution in [-0.4, -0.2) is 49.7 Å². The number of anilines is 3. The molecule has 3 N–H and O–H groups in total. The zero-order chi connectivity index (χ0) is 20.5. The van der Waals surface area contributed by atoms with Gasteiger partial charge in [-0.3, -0.25) is 15.0 Å². The fourth-order valence-corrected chi connectivity index (χ4v) is 4.83. The minimum Gasteiger partial charge on any atom is -0.367 e. The van der Waals surface area contributed by atoms with Crippen LogP contribution in [0.5, 0.6) is 0 Å². The number of aromatic amines is 1. The van der Waals surface area contributed by atoms with Crippen molar-refractivity contribution in [2.45, 2.75) is 57.2 Å². The van der Waals surface area contributed by atoms with E-state index in [2.05, 4.69) is 42.9 Å².